The van der Waals surface area contributed by atoms with E-state index in [2.05, 4.69) is 0 Å². The fourth-order valence-corrected chi connectivity index (χ4v) is 3.09. The first-order valence-corrected chi connectivity index (χ1v) is 10.0. The van der Waals surface area contributed by atoms with Crippen molar-refractivity contribution < 1.29 is 48.7 Å². The van der Waals surface area contributed by atoms with E-state index in [9.17, 15) is 39.7 Å². The van der Waals surface area contributed by atoms with Gasteiger partial charge in [0, 0.05) is 11.1 Å². The average Bonchev–Trinajstić information content (AvgIpc) is 2.68. The van der Waals surface area contributed by atoms with E-state index in [1.807, 2.05) is 0 Å². The van der Waals surface area contributed by atoms with Gasteiger partial charge in [0.2, 0.25) is 0 Å². The first-order valence-electron chi connectivity index (χ1n) is 8.78. The van der Waals surface area contributed by atoms with Crippen molar-refractivity contribution in [1.82, 2.24) is 0 Å². The standard InChI is InChI=1S/C20H15F8O3P/c21-15-5-1-13(2-6-15)17(9-11-19(23,24)25)30-32(29)31-18(10-12-20(26,27)28)14-3-7-16(22)8-4-14/h1-10,32H,11-12H2. The minimum atomic E-state index is -4.64. The number of rotatable bonds is 8. The number of hydrogen-bond acceptors (Lipinski definition) is 3. The lowest BCUT2D eigenvalue weighted by Gasteiger charge is -2.15. The molecule has 0 saturated heterocycles. The molecular formula is C20H15F8O3P. The van der Waals surface area contributed by atoms with Crippen LogP contribution in [0.25, 0.3) is 11.5 Å². The average molecular weight is 486 g/mol. The lowest BCUT2D eigenvalue weighted by Crippen LogP contribution is -2.05. The minimum absolute atomic E-state index is 0.0693. The zero-order valence-corrected chi connectivity index (χ0v) is 16.9. The van der Waals surface area contributed by atoms with E-state index in [4.69, 9.17) is 9.05 Å². The lowest BCUT2D eigenvalue weighted by atomic mass is 10.1. The molecule has 12 heteroatoms. The predicted octanol–water partition coefficient (Wildman–Crippen LogP) is 7.67. The van der Waals surface area contributed by atoms with Crippen LogP contribution < -0.4 is 0 Å². The molecule has 2 aromatic rings. The van der Waals surface area contributed by atoms with Crippen LogP contribution in [-0.2, 0) is 13.6 Å². The van der Waals surface area contributed by atoms with Gasteiger partial charge in [-0.25, -0.2) is 13.3 Å². The second-order valence-electron chi connectivity index (χ2n) is 6.24. The number of allylic oxidation sites excluding steroid dienone is 2. The van der Waals surface area contributed by atoms with Crippen LogP contribution in [0.4, 0.5) is 35.1 Å². The molecular weight excluding hydrogens is 471 g/mol. The largest absolute Gasteiger partial charge is 0.418 e. The fourth-order valence-electron chi connectivity index (χ4n) is 2.28. The maximum Gasteiger partial charge on any atom is 0.418 e. The Morgan fingerprint density at radius 3 is 1.28 bits per heavy atom. The third kappa shape index (κ3) is 9.13. The Morgan fingerprint density at radius 1 is 0.688 bits per heavy atom. The molecule has 0 bridgehead atoms. The van der Waals surface area contributed by atoms with Gasteiger partial charge in [-0.3, -0.25) is 0 Å². The van der Waals surface area contributed by atoms with Crippen molar-refractivity contribution in [3.63, 3.8) is 0 Å². The van der Waals surface area contributed by atoms with Gasteiger partial charge in [0.15, 0.2) is 0 Å². The van der Waals surface area contributed by atoms with E-state index in [1.165, 1.54) is 0 Å². The zero-order valence-electron chi connectivity index (χ0n) is 15.9. The summed E-state index contributed by atoms with van der Waals surface area (Å²) in [4.78, 5) is 0. The van der Waals surface area contributed by atoms with Crippen LogP contribution >= 0.6 is 8.25 Å². The van der Waals surface area contributed by atoms with E-state index in [-0.39, 0.29) is 11.1 Å². The van der Waals surface area contributed by atoms with Gasteiger partial charge < -0.3 is 9.05 Å². The first-order chi connectivity index (χ1) is 14.8. The van der Waals surface area contributed by atoms with Crippen LogP contribution in [0.2, 0.25) is 0 Å². The van der Waals surface area contributed by atoms with Crippen molar-refractivity contribution in [3.05, 3.63) is 83.4 Å². The van der Waals surface area contributed by atoms with Crippen LogP contribution in [0.1, 0.15) is 24.0 Å². The van der Waals surface area contributed by atoms with Crippen LogP contribution in [0.15, 0.2) is 60.7 Å². The van der Waals surface area contributed by atoms with Crippen molar-refractivity contribution in [2.45, 2.75) is 25.2 Å². The SMILES string of the molecule is O=[PH](OC(=CCC(F)(F)F)c1ccc(F)cc1)OC(=CCC(F)(F)F)c1ccc(F)cc1. The van der Waals surface area contributed by atoms with E-state index < -0.39 is 56.6 Å². The highest BCUT2D eigenvalue weighted by Gasteiger charge is 2.27. The molecule has 0 radical (unpaired) electrons. The Kier molecular flexibility index (Phi) is 8.49. The molecule has 2 aromatic carbocycles. The molecule has 0 amide bonds. The zero-order chi connectivity index (χ0) is 23.9. The highest BCUT2D eigenvalue weighted by Crippen LogP contribution is 2.39. The molecule has 0 aromatic heterocycles. The Bertz CT molecular complexity index is 898. The topological polar surface area (TPSA) is 35.5 Å². The molecule has 0 heterocycles. The van der Waals surface area contributed by atoms with Gasteiger partial charge in [0.05, 0.1) is 12.8 Å². The highest BCUT2D eigenvalue weighted by molar-refractivity contribution is 7.34. The van der Waals surface area contributed by atoms with Gasteiger partial charge in [0.25, 0.3) is 0 Å². The molecule has 174 valence electrons. The Labute approximate surface area is 177 Å². The molecule has 0 aliphatic carbocycles. The van der Waals surface area contributed by atoms with E-state index in [0.29, 0.717) is 12.2 Å². The normalized spacial score (nSPS) is 14.2. The quantitative estimate of drug-likeness (QED) is 0.218. The molecule has 0 unspecified atom stereocenters. The summed E-state index contributed by atoms with van der Waals surface area (Å²) < 4.78 is 124. The Morgan fingerprint density at radius 2 is 1.00 bits per heavy atom. The van der Waals surface area contributed by atoms with Crippen molar-refractivity contribution in [2.75, 3.05) is 0 Å². The highest BCUT2D eigenvalue weighted by atomic mass is 31.1. The van der Waals surface area contributed by atoms with E-state index >= 15 is 0 Å². The van der Waals surface area contributed by atoms with Gasteiger partial charge in [-0.15, -0.1) is 0 Å². The van der Waals surface area contributed by atoms with Gasteiger partial charge in [0.1, 0.15) is 23.2 Å². The molecule has 2 rings (SSSR count). The number of halogens is 8. The molecule has 0 aliphatic heterocycles. The molecule has 0 fully saturated rings. The minimum Gasteiger partial charge on any atom is -0.418 e. The summed E-state index contributed by atoms with van der Waals surface area (Å²) in [6.07, 6.45) is -11.2. The number of hydrogen-bond donors (Lipinski definition) is 0. The van der Waals surface area contributed by atoms with E-state index in [1.54, 1.807) is 0 Å². The number of alkyl halides is 6. The smallest absolute Gasteiger partial charge is 0.418 e. The molecule has 0 saturated carbocycles. The first kappa shape index (κ1) is 25.5. The third-order valence-electron chi connectivity index (χ3n) is 3.68. The summed E-state index contributed by atoms with van der Waals surface area (Å²) in [6.45, 7) is 0. The molecule has 0 spiro atoms. The van der Waals surface area contributed by atoms with Crippen LogP contribution in [0.3, 0.4) is 0 Å². The predicted molar refractivity (Wildman–Crippen MR) is 101 cm³/mol. The second-order valence-corrected chi connectivity index (χ2v) is 7.15. The Balaban J connectivity index is 2.28. The summed E-state index contributed by atoms with van der Waals surface area (Å²) >= 11 is 0. The lowest BCUT2D eigenvalue weighted by molar-refractivity contribution is -0.125. The molecule has 0 N–H and O–H groups in total. The molecule has 0 atom stereocenters. The van der Waals surface area contributed by atoms with Crippen molar-refractivity contribution in [3.8, 4) is 0 Å². The molecule has 3 nitrogen and oxygen atoms in total. The summed E-state index contributed by atoms with van der Waals surface area (Å²) in [7, 11) is -3.74. The van der Waals surface area contributed by atoms with Crippen LogP contribution in [-0.4, -0.2) is 12.4 Å². The van der Waals surface area contributed by atoms with Gasteiger partial charge in [-0.2, -0.15) is 26.3 Å². The monoisotopic (exact) mass is 486 g/mol. The van der Waals surface area contributed by atoms with Crippen LogP contribution in [0, 0.1) is 11.6 Å². The van der Waals surface area contributed by atoms with Crippen LogP contribution in [0.5, 0.6) is 0 Å². The maximum absolute atomic E-state index is 13.1. The summed E-state index contributed by atoms with van der Waals surface area (Å²) in [5, 5.41) is 0. The number of benzene rings is 2. The van der Waals surface area contributed by atoms with E-state index in [0.717, 1.165) is 48.5 Å². The van der Waals surface area contributed by atoms with Gasteiger partial charge >= 0.3 is 20.6 Å². The molecule has 0 aliphatic rings. The van der Waals surface area contributed by atoms with Gasteiger partial charge in [-0.05, 0) is 60.7 Å². The second kappa shape index (κ2) is 10.7. The van der Waals surface area contributed by atoms with Crippen molar-refractivity contribution in [1.29, 1.82) is 0 Å². The Hall–Kier alpha value is -2.81. The maximum atomic E-state index is 13.1. The van der Waals surface area contributed by atoms with Gasteiger partial charge in [-0.1, -0.05) is 0 Å². The molecule has 32 heavy (non-hydrogen) atoms. The third-order valence-corrected chi connectivity index (χ3v) is 4.46. The summed E-state index contributed by atoms with van der Waals surface area (Å²) in [5.41, 5.74) is -0.139. The summed E-state index contributed by atoms with van der Waals surface area (Å²) in [6, 6.07) is 7.94. The fraction of sp³-hybridized carbons (Fsp3) is 0.200. The van der Waals surface area contributed by atoms with Crippen molar-refractivity contribution in [2.24, 2.45) is 0 Å². The van der Waals surface area contributed by atoms with Crippen molar-refractivity contribution >= 4 is 19.8 Å². The summed E-state index contributed by atoms with van der Waals surface area (Å²) in [5.74, 6) is -2.52.